The molecular weight excluding hydrogens is 556 g/mol. The lowest BCUT2D eigenvalue weighted by molar-refractivity contribution is 0.590. The fourth-order valence-corrected chi connectivity index (χ4v) is 6.35. The van der Waals surface area contributed by atoms with Gasteiger partial charge in [-0.05, 0) is 112 Å². The number of allylic oxidation sites excluding steroid dienone is 6. The van der Waals surface area contributed by atoms with Gasteiger partial charge in [0.1, 0.15) is 0 Å². The van der Waals surface area contributed by atoms with E-state index in [1.807, 2.05) is 6.08 Å². The van der Waals surface area contributed by atoms with Gasteiger partial charge in [-0.25, -0.2) is 0 Å². The lowest BCUT2D eigenvalue weighted by Crippen LogP contribution is -2.10. The standard InChI is InChI=1S/C44H38N2/c1-6-30(22-23-45)29(2)24-36(28-46)33-19-18-32-26-35(21-20-31(32)25-33)43-40-16-9-7-14-38(40)42(39-15-8-10-17-41(39)43)34-12-11-13-37(27-34)44(3,4)5/h6-28,45-46H,1-2H2,3-5H3/b30-22+,36-24+,45-23?,46-28?. The van der Waals surface area contributed by atoms with Crippen LogP contribution in [0.4, 0.5) is 0 Å². The maximum atomic E-state index is 8.10. The van der Waals surface area contributed by atoms with Crippen molar-refractivity contribution >= 4 is 50.3 Å². The number of hydrogen-bond donors (Lipinski definition) is 2. The van der Waals surface area contributed by atoms with E-state index in [9.17, 15) is 0 Å². The predicted octanol–water partition coefficient (Wildman–Crippen LogP) is 12.1. The molecular formula is C44H38N2. The SMILES string of the molecule is C=C/C(=C\C=N)C(=C)/C=C(\C=N)c1ccc2cc(-c3c4ccccc4c(-c4cccc(C(C)(C)C)c4)c4ccccc34)ccc2c1. The van der Waals surface area contributed by atoms with Gasteiger partial charge in [0.15, 0.2) is 0 Å². The van der Waals surface area contributed by atoms with Gasteiger partial charge < -0.3 is 10.8 Å². The van der Waals surface area contributed by atoms with Crippen LogP contribution in [0.5, 0.6) is 0 Å². The van der Waals surface area contributed by atoms with Gasteiger partial charge in [0.05, 0.1) is 0 Å². The van der Waals surface area contributed by atoms with Crippen molar-refractivity contribution in [2.75, 3.05) is 0 Å². The molecule has 0 radical (unpaired) electrons. The maximum Gasteiger partial charge on any atom is 0.0256 e. The molecule has 0 aliphatic carbocycles. The first-order valence-electron chi connectivity index (χ1n) is 15.6. The Hall–Kier alpha value is -5.60. The van der Waals surface area contributed by atoms with Crippen molar-refractivity contribution in [3.63, 3.8) is 0 Å². The van der Waals surface area contributed by atoms with E-state index < -0.39 is 0 Å². The summed E-state index contributed by atoms with van der Waals surface area (Å²) in [7, 11) is 0. The Labute approximate surface area is 271 Å². The Balaban J connectivity index is 1.52. The monoisotopic (exact) mass is 594 g/mol. The van der Waals surface area contributed by atoms with Gasteiger partial charge in [-0.3, -0.25) is 0 Å². The first kappa shape index (κ1) is 30.4. The molecule has 2 nitrogen and oxygen atoms in total. The molecule has 0 aromatic heterocycles. The third kappa shape index (κ3) is 5.66. The average Bonchev–Trinajstić information content (AvgIpc) is 3.07. The van der Waals surface area contributed by atoms with Crippen LogP contribution in [0.2, 0.25) is 0 Å². The van der Waals surface area contributed by atoms with E-state index in [1.165, 1.54) is 61.8 Å². The van der Waals surface area contributed by atoms with Crippen LogP contribution in [-0.2, 0) is 5.41 Å². The summed E-state index contributed by atoms with van der Waals surface area (Å²) in [6, 6.07) is 39.6. The van der Waals surface area contributed by atoms with Crippen molar-refractivity contribution in [1.29, 1.82) is 10.8 Å². The van der Waals surface area contributed by atoms with Crippen molar-refractivity contribution < 1.29 is 0 Å². The molecule has 0 spiro atoms. The Kier molecular flexibility index (Phi) is 8.21. The molecule has 6 aromatic rings. The largest absolute Gasteiger partial charge is 0.309 e. The Bertz CT molecular complexity index is 2200. The summed E-state index contributed by atoms with van der Waals surface area (Å²) in [6.45, 7) is 14.8. The zero-order valence-electron chi connectivity index (χ0n) is 26.7. The highest BCUT2D eigenvalue weighted by atomic mass is 14.3. The third-order valence-corrected chi connectivity index (χ3v) is 8.75. The van der Waals surface area contributed by atoms with Crippen LogP contribution in [0.1, 0.15) is 31.9 Å². The second kappa shape index (κ2) is 12.4. The Morgan fingerprint density at radius 3 is 1.76 bits per heavy atom. The summed E-state index contributed by atoms with van der Waals surface area (Å²) < 4.78 is 0. The molecule has 0 atom stereocenters. The number of nitrogens with one attached hydrogen (secondary N) is 2. The summed E-state index contributed by atoms with van der Waals surface area (Å²) in [6.07, 6.45) is 7.77. The minimum absolute atomic E-state index is 0.0578. The van der Waals surface area contributed by atoms with Crippen LogP contribution < -0.4 is 0 Å². The van der Waals surface area contributed by atoms with E-state index in [4.69, 9.17) is 10.8 Å². The molecule has 0 bridgehead atoms. The summed E-state index contributed by atoms with van der Waals surface area (Å²) >= 11 is 0. The molecule has 6 rings (SSSR count). The molecule has 46 heavy (non-hydrogen) atoms. The first-order valence-corrected chi connectivity index (χ1v) is 15.6. The molecule has 0 aliphatic rings. The molecule has 6 aromatic carbocycles. The zero-order valence-corrected chi connectivity index (χ0v) is 26.7. The van der Waals surface area contributed by atoms with Crippen molar-refractivity contribution in [2.45, 2.75) is 26.2 Å². The highest BCUT2D eigenvalue weighted by molar-refractivity contribution is 6.21. The summed E-state index contributed by atoms with van der Waals surface area (Å²) in [5.41, 5.74) is 9.45. The van der Waals surface area contributed by atoms with E-state index in [-0.39, 0.29) is 5.41 Å². The van der Waals surface area contributed by atoms with Gasteiger partial charge in [-0.2, -0.15) is 0 Å². The second-order valence-electron chi connectivity index (χ2n) is 12.7. The minimum atomic E-state index is 0.0578. The Morgan fingerprint density at radius 1 is 0.652 bits per heavy atom. The van der Waals surface area contributed by atoms with Crippen LogP contribution in [0, 0.1) is 10.8 Å². The molecule has 0 saturated heterocycles. The summed E-state index contributed by atoms with van der Waals surface area (Å²) in [5, 5.41) is 22.7. The van der Waals surface area contributed by atoms with E-state index in [1.54, 1.807) is 12.2 Å². The van der Waals surface area contributed by atoms with Crippen molar-refractivity contribution in [3.8, 4) is 22.3 Å². The van der Waals surface area contributed by atoms with E-state index >= 15 is 0 Å². The highest BCUT2D eigenvalue weighted by Gasteiger charge is 2.19. The third-order valence-electron chi connectivity index (χ3n) is 8.75. The van der Waals surface area contributed by atoms with Crippen LogP contribution in [0.25, 0.3) is 60.1 Å². The molecule has 0 aliphatic heterocycles. The van der Waals surface area contributed by atoms with Gasteiger partial charge >= 0.3 is 0 Å². The van der Waals surface area contributed by atoms with Crippen LogP contribution in [-0.4, -0.2) is 12.4 Å². The molecule has 0 amide bonds. The molecule has 0 heterocycles. The second-order valence-corrected chi connectivity index (χ2v) is 12.7. The maximum absolute atomic E-state index is 8.10. The average molecular weight is 595 g/mol. The summed E-state index contributed by atoms with van der Waals surface area (Å²) in [5.74, 6) is 0. The first-order chi connectivity index (χ1) is 22.2. The number of rotatable bonds is 8. The minimum Gasteiger partial charge on any atom is -0.309 e. The van der Waals surface area contributed by atoms with Crippen LogP contribution in [0.3, 0.4) is 0 Å². The lowest BCUT2D eigenvalue weighted by Gasteiger charge is -2.22. The molecule has 2 heteroatoms. The molecule has 0 saturated carbocycles. The zero-order chi connectivity index (χ0) is 32.4. The number of fused-ring (bicyclic) bond motifs is 3. The molecule has 224 valence electrons. The predicted molar refractivity (Wildman–Crippen MR) is 201 cm³/mol. The van der Waals surface area contributed by atoms with Crippen molar-refractivity contribution in [3.05, 3.63) is 163 Å². The van der Waals surface area contributed by atoms with Crippen LogP contribution in [0.15, 0.2) is 152 Å². The van der Waals surface area contributed by atoms with Gasteiger partial charge in [-0.1, -0.05) is 137 Å². The Morgan fingerprint density at radius 2 is 1.22 bits per heavy atom. The summed E-state index contributed by atoms with van der Waals surface area (Å²) in [4.78, 5) is 0. The number of benzene rings is 6. The number of hydrogen-bond acceptors (Lipinski definition) is 2. The quantitative estimate of drug-likeness (QED) is 0.100. The highest BCUT2D eigenvalue weighted by Crippen LogP contribution is 2.44. The van der Waals surface area contributed by atoms with Gasteiger partial charge in [-0.15, -0.1) is 0 Å². The van der Waals surface area contributed by atoms with Crippen LogP contribution >= 0.6 is 0 Å². The fourth-order valence-electron chi connectivity index (χ4n) is 6.35. The molecule has 0 fully saturated rings. The van der Waals surface area contributed by atoms with Crippen molar-refractivity contribution in [1.82, 2.24) is 0 Å². The van der Waals surface area contributed by atoms with Gasteiger partial charge in [0.2, 0.25) is 0 Å². The van der Waals surface area contributed by atoms with E-state index in [0.717, 1.165) is 27.5 Å². The molecule has 0 unspecified atom stereocenters. The van der Waals surface area contributed by atoms with Gasteiger partial charge in [0.25, 0.3) is 0 Å². The van der Waals surface area contributed by atoms with E-state index in [0.29, 0.717) is 5.57 Å². The van der Waals surface area contributed by atoms with Gasteiger partial charge in [0, 0.05) is 12.4 Å². The smallest absolute Gasteiger partial charge is 0.0256 e. The molecule has 2 N–H and O–H groups in total. The normalized spacial score (nSPS) is 12.4. The lowest BCUT2D eigenvalue weighted by atomic mass is 9.82. The fraction of sp³-hybridized carbons (Fsp3) is 0.0909. The van der Waals surface area contributed by atoms with E-state index in [2.05, 4.69) is 143 Å². The topological polar surface area (TPSA) is 47.7 Å². The van der Waals surface area contributed by atoms with Crippen molar-refractivity contribution in [2.24, 2.45) is 0 Å².